The number of aliphatic imine (C=N–C) groups is 2. The van der Waals surface area contributed by atoms with Crippen molar-refractivity contribution in [2.75, 3.05) is 13.8 Å². The van der Waals surface area contributed by atoms with Gasteiger partial charge in [-0.05, 0) is 0 Å². The summed E-state index contributed by atoms with van der Waals surface area (Å²) in [5, 5.41) is 0. The molecule has 1 aliphatic heterocycles. The highest BCUT2D eigenvalue weighted by atomic mass is 16.7. The molecule has 1 aliphatic rings. The Morgan fingerprint density at radius 3 is 2.73 bits per heavy atom. The molecule has 1 heterocycles. The fourth-order valence-electron chi connectivity index (χ4n) is 0.608. The summed E-state index contributed by atoms with van der Waals surface area (Å²) in [7, 11) is 1.25. The Hall–Kier alpha value is -1.39. The highest BCUT2D eigenvalue weighted by Gasteiger charge is 2.10. The van der Waals surface area contributed by atoms with Gasteiger partial charge < -0.3 is 9.47 Å². The largest absolute Gasteiger partial charge is 0.509 e. The van der Waals surface area contributed by atoms with Crippen LogP contribution in [-0.2, 0) is 9.47 Å². The number of methoxy groups -OCH3 is 1. The van der Waals surface area contributed by atoms with Crippen molar-refractivity contribution in [3.8, 4) is 0 Å². The first-order valence-electron chi connectivity index (χ1n) is 3.07. The van der Waals surface area contributed by atoms with Crippen molar-refractivity contribution in [1.82, 2.24) is 0 Å². The Kier molecular flexibility index (Phi) is 2.59. The van der Waals surface area contributed by atoms with Crippen molar-refractivity contribution < 1.29 is 14.3 Å². The molecule has 0 aliphatic carbocycles. The van der Waals surface area contributed by atoms with Crippen LogP contribution in [0.2, 0.25) is 0 Å². The maximum Gasteiger partial charge on any atom is 0.509 e. The van der Waals surface area contributed by atoms with Gasteiger partial charge in [-0.3, -0.25) is 9.98 Å². The summed E-state index contributed by atoms with van der Waals surface area (Å²) in [6, 6.07) is 0. The predicted octanol–water partition coefficient (Wildman–Crippen LogP) is 0.251. The second kappa shape index (κ2) is 3.70. The average molecular weight is 156 g/mol. The van der Waals surface area contributed by atoms with Gasteiger partial charge in [-0.2, -0.15) is 0 Å². The minimum atomic E-state index is -0.727. The summed E-state index contributed by atoms with van der Waals surface area (Å²) in [5.41, 5.74) is 0. The lowest BCUT2D eigenvalue weighted by atomic mass is 10.4. The monoisotopic (exact) mass is 156 g/mol. The van der Waals surface area contributed by atoms with Gasteiger partial charge >= 0.3 is 6.16 Å². The van der Waals surface area contributed by atoms with Crippen molar-refractivity contribution in [2.45, 2.75) is 6.10 Å². The number of carbonyl (C=O) groups is 1. The van der Waals surface area contributed by atoms with Crippen LogP contribution in [0.25, 0.3) is 0 Å². The quantitative estimate of drug-likeness (QED) is 0.511. The minimum Gasteiger partial charge on any atom is -0.438 e. The van der Waals surface area contributed by atoms with Crippen molar-refractivity contribution >= 4 is 18.6 Å². The van der Waals surface area contributed by atoms with Crippen molar-refractivity contribution in [1.29, 1.82) is 0 Å². The molecule has 0 amide bonds. The summed E-state index contributed by atoms with van der Waals surface area (Å²) in [5.74, 6) is 0. The Morgan fingerprint density at radius 1 is 1.55 bits per heavy atom. The van der Waals surface area contributed by atoms with Gasteiger partial charge in [0.2, 0.25) is 0 Å². The molecule has 11 heavy (non-hydrogen) atoms. The van der Waals surface area contributed by atoms with Crippen LogP contribution in [0.4, 0.5) is 4.79 Å². The van der Waals surface area contributed by atoms with E-state index in [4.69, 9.17) is 0 Å². The minimum absolute atomic E-state index is 0.404. The van der Waals surface area contributed by atoms with Crippen LogP contribution in [0, 0.1) is 0 Å². The Bertz CT molecular complexity index is 188. The third-order valence-corrected chi connectivity index (χ3v) is 1.07. The first kappa shape index (κ1) is 7.71. The van der Waals surface area contributed by atoms with E-state index in [9.17, 15) is 4.79 Å². The van der Waals surface area contributed by atoms with Crippen LogP contribution in [0.1, 0.15) is 0 Å². The molecular weight excluding hydrogens is 148 g/mol. The van der Waals surface area contributed by atoms with E-state index in [1.165, 1.54) is 19.5 Å². The first-order valence-corrected chi connectivity index (χ1v) is 3.07. The van der Waals surface area contributed by atoms with Gasteiger partial charge in [0.1, 0.15) is 6.67 Å². The van der Waals surface area contributed by atoms with Gasteiger partial charge in [0.05, 0.1) is 7.11 Å². The van der Waals surface area contributed by atoms with Crippen LogP contribution < -0.4 is 0 Å². The maximum absolute atomic E-state index is 10.5. The molecular formula is C6H8N2O3. The molecule has 0 aromatic heterocycles. The van der Waals surface area contributed by atoms with Gasteiger partial charge in [-0.1, -0.05) is 0 Å². The molecule has 0 aromatic rings. The molecule has 1 rings (SSSR count). The van der Waals surface area contributed by atoms with E-state index in [0.29, 0.717) is 6.67 Å². The molecule has 0 spiro atoms. The molecule has 0 fully saturated rings. The fraction of sp³-hybridized carbons (Fsp3) is 0.500. The second-order valence-corrected chi connectivity index (χ2v) is 1.84. The number of hydrogen-bond acceptors (Lipinski definition) is 5. The SMILES string of the molecule is COC(=O)OC1C=NCN=C1. The standard InChI is InChI=1S/C6H8N2O3/c1-10-6(9)11-5-2-7-4-8-3-5/h2-3,5H,4H2,1H3. The molecule has 60 valence electrons. The molecule has 0 aromatic carbocycles. The van der Waals surface area contributed by atoms with Crippen molar-refractivity contribution in [3.63, 3.8) is 0 Å². The van der Waals surface area contributed by atoms with Crippen LogP contribution in [0.3, 0.4) is 0 Å². The summed E-state index contributed by atoms with van der Waals surface area (Å²) < 4.78 is 8.95. The number of ether oxygens (including phenoxy) is 2. The van der Waals surface area contributed by atoms with Crippen molar-refractivity contribution in [2.24, 2.45) is 9.98 Å². The molecule has 5 heteroatoms. The molecule has 0 atom stereocenters. The van der Waals surface area contributed by atoms with Crippen LogP contribution in [0.5, 0.6) is 0 Å². The third-order valence-electron chi connectivity index (χ3n) is 1.07. The van der Waals surface area contributed by atoms with E-state index in [1.54, 1.807) is 0 Å². The topological polar surface area (TPSA) is 60.2 Å². The van der Waals surface area contributed by atoms with E-state index in [-0.39, 0.29) is 0 Å². The smallest absolute Gasteiger partial charge is 0.438 e. The Morgan fingerprint density at radius 2 is 2.18 bits per heavy atom. The maximum atomic E-state index is 10.5. The lowest BCUT2D eigenvalue weighted by Crippen LogP contribution is -2.23. The molecule has 0 unspecified atom stereocenters. The average Bonchev–Trinajstić information content (AvgIpc) is 2.06. The Balaban J connectivity index is 2.36. The summed E-state index contributed by atoms with van der Waals surface area (Å²) in [6.45, 7) is 0.404. The zero-order valence-electron chi connectivity index (χ0n) is 6.06. The second-order valence-electron chi connectivity index (χ2n) is 1.84. The van der Waals surface area contributed by atoms with Crippen LogP contribution in [0.15, 0.2) is 9.98 Å². The zero-order valence-corrected chi connectivity index (χ0v) is 6.06. The lowest BCUT2D eigenvalue weighted by Gasteiger charge is -2.09. The predicted molar refractivity (Wildman–Crippen MR) is 39.1 cm³/mol. The van der Waals surface area contributed by atoms with Gasteiger partial charge in [0, 0.05) is 12.4 Å². The van der Waals surface area contributed by atoms with E-state index in [0.717, 1.165) is 0 Å². The molecule has 5 nitrogen and oxygen atoms in total. The van der Waals surface area contributed by atoms with Gasteiger partial charge in [0.15, 0.2) is 6.10 Å². The van der Waals surface area contributed by atoms with Gasteiger partial charge in [0.25, 0.3) is 0 Å². The van der Waals surface area contributed by atoms with E-state index < -0.39 is 12.3 Å². The van der Waals surface area contributed by atoms with Gasteiger partial charge in [-0.15, -0.1) is 0 Å². The molecule has 0 saturated carbocycles. The normalized spacial score (nSPS) is 16.5. The zero-order chi connectivity index (χ0) is 8.10. The third kappa shape index (κ3) is 2.37. The van der Waals surface area contributed by atoms with Crippen molar-refractivity contribution in [3.05, 3.63) is 0 Å². The number of nitrogens with zero attached hydrogens (tertiary/aromatic N) is 2. The highest BCUT2D eigenvalue weighted by Crippen LogP contribution is 1.93. The lowest BCUT2D eigenvalue weighted by molar-refractivity contribution is 0.0750. The van der Waals surface area contributed by atoms with E-state index in [2.05, 4.69) is 19.5 Å². The molecule has 0 radical (unpaired) electrons. The number of carbonyl (C=O) groups excluding carboxylic acids is 1. The molecule has 0 bridgehead atoms. The van der Waals surface area contributed by atoms with Gasteiger partial charge in [-0.25, -0.2) is 4.79 Å². The number of rotatable bonds is 1. The van der Waals surface area contributed by atoms with Crippen LogP contribution in [-0.4, -0.2) is 38.5 Å². The highest BCUT2D eigenvalue weighted by molar-refractivity contribution is 5.89. The molecule has 0 saturated heterocycles. The summed E-state index contributed by atoms with van der Waals surface area (Å²) in [6.07, 6.45) is 1.80. The summed E-state index contributed by atoms with van der Waals surface area (Å²) >= 11 is 0. The van der Waals surface area contributed by atoms with E-state index in [1.807, 2.05) is 0 Å². The molecule has 0 N–H and O–H groups in total. The first-order chi connectivity index (χ1) is 5.33. The van der Waals surface area contributed by atoms with Crippen LogP contribution >= 0.6 is 0 Å². The summed E-state index contributed by atoms with van der Waals surface area (Å²) in [4.78, 5) is 18.1. The number of hydrogen-bond donors (Lipinski definition) is 0. The Labute approximate surface area is 63.7 Å². The fourth-order valence-corrected chi connectivity index (χ4v) is 0.608. The van der Waals surface area contributed by atoms with E-state index >= 15 is 0 Å².